The molecule has 0 bridgehead atoms. The van der Waals surface area contributed by atoms with Gasteiger partial charge in [-0.15, -0.1) is 24.8 Å². The molecule has 2 rings (SSSR count). The van der Waals surface area contributed by atoms with Crippen molar-refractivity contribution in [3.8, 4) is 5.75 Å². The van der Waals surface area contributed by atoms with Crippen LogP contribution in [0.25, 0.3) is 0 Å². The van der Waals surface area contributed by atoms with Crippen molar-refractivity contribution in [1.82, 2.24) is 10.2 Å². The first-order chi connectivity index (χ1) is 10.1. The molecule has 1 saturated heterocycles. The van der Waals surface area contributed by atoms with E-state index in [1.54, 1.807) is 12.1 Å². The van der Waals surface area contributed by atoms with Crippen LogP contribution in [-0.4, -0.2) is 37.7 Å². The molecule has 1 aliphatic rings. The third-order valence-corrected chi connectivity index (χ3v) is 4.18. The number of nitrogens with one attached hydrogen (secondary N) is 1. The molecule has 0 amide bonds. The van der Waals surface area contributed by atoms with E-state index in [9.17, 15) is 8.78 Å². The molecule has 1 unspecified atom stereocenters. The monoisotopic (exact) mass is 370 g/mol. The smallest absolute Gasteiger partial charge is 0.387 e. The Balaban J connectivity index is 0.00000242. The van der Waals surface area contributed by atoms with Crippen molar-refractivity contribution in [1.29, 1.82) is 0 Å². The Morgan fingerprint density at radius 1 is 1.17 bits per heavy atom. The molecule has 0 saturated carbocycles. The molecule has 3 nitrogen and oxygen atoms in total. The van der Waals surface area contributed by atoms with Crippen molar-refractivity contribution in [3.05, 3.63) is 29.8 Å². The van der Waals surface area contributed by atoms with Crippen LogP contribution < -0.4 is 10.1 Å². The van der Waals surface area contributed by atoms with E-state index in [0.717, 1.165) is 38.2 Å². The number of piperazine rings is 1. The normalized spacial score (nSPS) is 17.8. The van der Waals surface area contributed by atoms with Crippen LogP contribution in [0.2, 0.25) is 0 Å². The number of hydrogen-bond donors (Lipinski definition) is 1. The predicted molar refractivity (Wildman–Crippen MR) is 94.2 cm³/mol. The minimum Gasteiger partial charge on any atom is -0.434 e. The van der Waals surface area contributed by atoms with Gasteiger partial charge in [-0.1, -0.05) is 38.5 Å². The fourth-order valence-corrected chi connectivity index (χ4v) is 2.97. The molecule has 1 aromatic rings. The fourth-order valence-electron chi connectivity index (χ4n) is 2.97. The minimum absolute atomic E-state index is 0. The van der Waals surface area contributed by atoms with E-state index in [1.165, 1.54) is 0 Å². The topological polar surface area (TPSA) is 24.5 Å². The van der Waals surface area contributed by atoms with Crippen molar-refractivity contribution in [2.45, 2.75) is 32.9 Å². The number of rotatable bonds is 6. The van der Waals surface area contributed by atoms with Gasteiger partial charge in [0.1, 0.15) is 5.75 Å². The number of benzene rings is 1. The number of halogens is 4. The summed E-state index contributed by atoms with van der Waals surface area (Å²) in [5.74, 6) is 0.682. The highest BCUT2D eigenvalue weighted by atomic mass is 35.5. The Bertz CT molecular complexity index is 446. The summed E-state index contributed by atoms with van der Waals surface area (Å²) < 4.78 is 30.0. The van der Waals surface area contributed by atoms with Gasteiger partial charge in [0.25, 0.3) is 0 Å². The third kappa shape index (κ3) is 6.07. The van der Waals surface area contributed by atoms with Gasteiger partial charge in [-0.2, -0.15) is 8.78 Å². The molecule has 23 heavy (non-hydrogen) atoms. The Morgan fingerprint density at radius 3 is 2.35 bits per heavy atom. The van der Waals surface area contributed by atoms with Gasteiger partial charge in [-0.05, 0) is 12.0 Å². The summed E-state index contributed by atoms with van der Waals surface area (Å²) in [6.07, 6.45) is 0.998. The van der Waals surface area contributed by atoms with Crippen molar-refractivity contribution >= 4 is 24.8 Å². The molecular formula is C16H26Cl2F2N2O. The summed E-state index contributed by atoms with van der Waals surface area (Å²) in [7, 11) is 0. The van der Waals surface area contributed by atoms with E-state index < -0.39 is 6.61 Å². The van der Waals surface area contributed by atoms with Gasteiger partial charge in [-0.3, -0.25) is 4.90 Å². The first kappa shape index (κ1) is 22.4. The average Bonchev–Trinajstić information content (AvgIpc) is 2.49. The van der Waals surface area contributed by atoms with Crippen molar-refractivity contribution in [2.24, 2.45) is 5.92 Å². The van der Waals surface area contributed by atoms with Crippen LogP contribution in [0.4, 0.5) is 8.78 Å². The molecule has 2 atom stereocenters. The van der Waals surface area contributed by atoms with Gasteiger partial charge in [-0.25, -0.2) is 0 Å². The summed E-state index contributed by atoms with van der Waals surface area (Å²) in [6, 6.07) is 7.31. The highest BCUT2D eigenvalue weighted by molar-refractivity contribution is 5.85. The molecule has 1 heterocycles. The Labute approximate surface area is 149 Å². The Hall–Kier alpha value is -0.620. The average molecular weight is 371 g/mol. The highest BCUT2D eigenvalue weighted by Crippen LogP contribution is 2.36. The maximum atomic E-state index is 12.6. The van der Waals surface area contributed by atoms with Crippen LogP contribution >= 0.6 is 24.8 Å². The lowest BCUT2D eigenvalue weighted by Gasteiger charge is -2.39. The zero-order chi connectivity index (χ0) is 15.2. The Morgan fingerprint density at radius 2 is 1.78 bits per heavy atom. The number of alkyl halides is 2. The van der Waals surface area contributed by atoms with Crippen LogP contribution in [0.5, 0.6) is 5.75 Å². The summed E-state index contributed by atoms with van der Waals surface area (Å²) in [6.45, 7) is 5.25. The van der Waals surface area contributed by atoms with Gasteiger partial charge in [0.15, 0.2) is 0 Å². The fraction of sp³-hybridized carbons (Fsp3) is 0.625. The second kappa shape index (κ2) is 11.0. The van der Waals surface area contributed by atoms with Crippen molar-refractivity contribution < 1.29 is 13.5 Å². The molecule has 134 valence electrons. The van der Waals surface area contributed by atoms with Crippen molar-refractivity contribution in [2.75, 3.05) is 26.2 Å². The van der Waals surface area contributed by atoms with E-state index in [0.29, 0.717) is 11.7 Å². The first-order valence-electron chi connectivity index (χ1n) is 7.62. The second-order valence-corrected chi connectivity index (χ2v) is 5.53. The molecule has 1 fully saturated rings. The second-order valence-electron chi connectivity index (χ2n) is 5.53. The van der Waals surface area contributed by atoms with Gasteiger partial charge < -0.3 is 10.1 Å². The number of hydrogen-bond acceptors (Lipinski definition) is 3. The quantitative estimate of drug-likeness (QED) is 0.814. The van der Waals surface area contributed by atoms with Crippen LogP contribution in [-0.2, 0) is 0 Å². The SMILES string of the molecule is CCC(C)[C@H](c1ccccc1OC(F)F)N1CCNCC1.Cl.Cl. The maximum Gasteiger partial charge on any atom is 0.387 e. The molecule has 0 aromatic heterocycles. The maximum absolute atomic E-state index is 12.6. The largest absolute Gasteiger partial charge is 0.434 e. The van der Waals surface area contributed by atoms with Crippen LogP contribution in [0.3, 0.4) is 0 Å². The summed E-state index contributed by atoms with van der Waals surface area (Å²) in [5, 5.41) is 3.33. The van der Waals surface area contributed by atoms with Gasteiger partial charge >= 0.3 is 6.61 Å². The highest BCUT2D eigenvalue weighted by Gasteiger charge is 2.29. The van der Waals surface area contributed by atoms with E-state index in [4.69, 9.17) is 4.74 Å². The van der Waals surface area contributed by atoms with E-state index in [2.05, 4.69) is 24.1 Å². The van der Waals surface area contributed by atoms with Crippen LogP contribution in [0.1, 0.15) is 31.9 Å². The number of nitrogens with zero attached hydrogens (tertiary/aromatic N) is 1. The molecule has 7 heteroatoms. The third-order valence-electron chi connectivity index (χ3n) is 4.18. The molecule has 0 aliphatic carbocycles. The predicted octanol–water partition coefficient (Wildman–Crippen LogP) is 4.12. The van der Waals surface area contributed by atoms with E-state index in [1.807, 2.05) is 12.1 Å². The lowest BCUT2D eigenvalue weighted by atomic mass is 9.90. The van der Waals surface area contributed by atoms with Crippen LogP contribution in [0.15, 0.2) is 24.3 Å². The lowest BCUT2D eigenvalue weighted by Crippen LogP contribution is -2.46. The summed E-state index contributed by atoms with van der Waals surface area (Å²) in [4.78, 5) is 2.37. The molecule has 1 aromatic carbocycles. The molecule has 1 aliphatic heterocycles. The van der Waals surface area contributed by atoms with Gasteiger partial charge in [0.2, 0.25) is 0 Å². The lowest BCUT2D eigenvalue weighted by molar-refractivity contribution is -0.0516. The van der Waals surface area contributed by atoms with Gasteiger partial charge in [0.05, 0.1) is 0 Å². The van der Waals surface area contributed by atoms with Crippen LogP contribution in [0, 0.1) is 5.92 Å². The summed E-state index contributed by atoms with van der Waals surface area (Å²) >= 11 is 0. The zero-order valence-electron chi connectivity index (χ0n) is 13.5. The number of para-hydroxylation sites is 1. The molecule has 0 radical (unpaired) electrons. The van der Waals surface area contributed by atoms with Gasteiger partial charge in [0, 0.05) is 37.8 Å². The van der Waals surface area contributed by atoms with E-state index in [-0.39, 0.29) is 30.9 Å². The zero-order valence-corrected chi connectivity index (χ0v) is 15.1. The molecule has 0 spiro atoms. The summed E-state index contributed by atoms with van der Waals surface area (Å²) in [5.41, 5.74) is 0.869. The molecule has 1 N–H and O–H groups in total. The Kier molecular flexibility index (Phi) is 10.7. The minimum atomic E-state index is -2.79. The van der Waals surface area contributed by atoms with Crippen molar-refractivity contribution in [3.63, 3.8) is 0 Å². The first-order valence-corrected chi connectivity index (χ1v) is 7.62. The standard InChI is InChI=1S/C16H24F2N2O.2ClH/c1-3-12(2)15(20-10-8-19-9-11-20)13-6-4-5-7-14(13)21-16(17)18;;/h4-7,12,15-16,19H,3,8-11H2,1-2H3;2*1H/t12?,15-;;/m1../s1. The van der Waals surface area contributed by atoms with E-state index >= 15 is 0 Å². The molecular weight excluding hydrogens is 345 g/mol. The number of ether oxygens (including phenoxy) is 1.